The van der Waals surface area contributed by atoms with Gasteiger partial charge in [-0.3, -0.25) is 9.59 Å². The topological polar surface area (TPSA) is 64.0 Å². The maximum atomic E-state index is 12.2. The zero-order chi connectivity index (χ0) is 18.5. The van der Waals surface area contributed by atoms with Crippen LogP contribution in [0.1, 0.15) is 12.5 Å². The fourth-order valence-corrected chi connectivity index (χ4v) is 2.70. The maximum absolute atomic E-state index is 12.2. The molecule has 0 aliphatic heterocycles. The van der Waals surface area contributed by atoms with Crippen molar-refractivity contribution >= 4 is 23.2 Å². The Labute approximate surface area is 156 Å². The molecular weight excluding hydrogens is 350 g/mol. The van der Waals surface area contributed by atoms with Crippen LogP contribution in [0.15, 0.2) is 65.5 Å². The third kappa shape index (κ3) is 4.18. The van der Waals surface area contributed by atoms with Crippen LogP contribution in [-0.4, -0.2) is 15.7 Å². The number of amides is 1. The predicted octanol–water partition coefficient (Wildman–Crippen LogP) is 3.76. The number of anilines is 1. The number of carbonyl (C=O) groups is 1. The van der Waals surface area contributed by atoms with Crippen molar-refractivity contribution in [2.45, 2.75) is 19.9 Å². The number of hydrogen-bond donors (Lipinski definition) is 1. The summed E-state index contributed by atoms with van der Waals surface area (Å²) in [5.41, 5.74) is 2.91. The highest BCUT2D eigenvalue weighted by Gasteiger charge is 2.10. The molecule has 6 heteroatoms. The molecule has 0 atom stereocenters. The van der Waals surface area contributed by atoms with Crippen molar-refractivity contribution in [3.05, 3.63) is 81.6 Å². The molecule has 0 radical (unpaired) electrons. The van der Waals surface area contributed by atoms with Crippen molar-refractivity contribution in [2.75, 3.05) is 5.32 Å². The highest BCUT2D eigenvalue weighted by Crippen LogP contribution is 2.20. The van der Waals surface area contributed by atoms with Gasteiger partial charge < -0.3 is 5.32 Å². The first-order valence-electron chi connectivity index (χ1n) is 8.28. The lowest BCUT2D eigenvalue weighted by molar-refractivity contribution is -0.117. The first-order chi connectivity index (χ1) is 12.6. The van der Waals surface area contributed by atoms with Crippen LogP contribution in [0.4, 0.5) is 5.69 Å². The molecule has 0 bridgehead atoms. The fourth-order valence-electron chi connectivity index (χ4n) is 2.52. The van der Waals surface area contributed by atoms with Gasteiger partial charge in [-0.25, -0.2) is 4.68 Å². The number of nitrogens with zero attached hydrogens (tertiary/aromatic N) is 2. The summed E-state index contributed by atoms with van der Waals surface area (Å²) in [6.07, 6.45) is 0.954. The first kappa shape index (κ1) is 17.9. The van der Waals surface area contributed by atoms with Crippen molar-refractivity contribution in [2.24, 2.45) is 0 Å². The summed E-state index contributed by atoms with van der Waals surface area (Å²) in [6.45, 7) is 1.90. The molecule has 132 valence electrons. The summed E-state index contributed by atoms with van der Waals surface area (Å²) in [6, 6.07) is 18.0. The number of carbonyl (C=O) groups excluding carboxylic acids is 1. The second-order valence-corrected chi connectivity index (χ2v) is 6.20. The second-order valence-electron chi connectivity index (χ2n) is 5.79. The lowest BCUT2D eigenvalue weighted by Gasteiger charge is -2.09. The van der Waals surface area contributed by atoms with Crippen LogP contribution in [0.25, 0.3) is 11.3 Å². The molecule has 3 aromatic rings. The molecular formula is C20H18ClN3O2. The molecule has 1 aromatic heterocycles. The average molecular weight is 368 g/mol. The zero-order valence-electron chi connectivity index (χ0n) is 14.3. The van der Waals surface area contributed by atoms with Gasteiger partial charge in [-0.2, -0.15) is 5.10 Å². The van der Waals surface area contributed by atoms with E-state index in [0.717, 1.165) is 16.7 Å². The number of para-hydroxylation sites is 1. The molecule has 0 spiro atoms. The molecule has 1 amide bonds. The Balaban J connectivity index is 1.80. The number of benzene rings is 2. The summed E-state index contributed by atoms with van der Waals surface area (Å²) < 4.78 is 1.15. The molecule has 2 aromatic carbocycles. The summed E-state index contributed by atoms with van der Waals surface area (Å²) in [5.74, 6) is -0.369. The van der Waals surface area contributed by atoms with E-state index in [1.165, 1.54) is 11.6 Å². The Kier molecular flexibility index (Phi) is 5.49. The van der Waals surface area contributed by atoms with Gasteiger partial charge in [0.2, 0.25) is 5.91 Å². The third-order valence-electron chi connectivity index (χ3n) is 3.97. The molecule has 3 rings (SSSR count). The number of aryl methyl sites for hydroxylation is 1. The Morgan fingerprint density at radius 3 is 2.50 bits per heavy atom. The van der Waals surface area contributed by atoms with Gasteiger partial charge in [-0.1, -0.05) is 54.9 Å². The Morgan fingerprint density at radius 2 is 1.81 bits per heavy atom. The minimum Gasteiger partial charge on any atom is -0.323 e. The second kappa shape index (κ2) is 7.97. The number of hydrogen-bond acceptors (Lipinski definition) is 3. The fraction of sp³-hybridized carbons (Fsp3) is 0.150. The molecule has 1 heterocycles. The lowest BCUT2D eigenvalue weighted by atomic mass is 10.1. The van der Waals surface area contributed by atoms with E-state index in [4.69, 9.17) is 11.6 Å². The quantitative estimate of drug-likeness (QED) is 0.746. The Bertz CT molecular complexity index is 981. The first-order valence-corrected chi connectivity index (χ1v) is 8.66. The van der Waals surface area contributed by atoms with Gasteiger partial charge in [0.1, 0.15) is 6.54 Å². The van der Waals surface area contributed by atoms with Crippen molar-refractivity contribution in [1.82, 2.24) is 9.78 Å². The van der Waals surface area contributed by atoms with E-state index >= 15 is 0 Å². The molecule has 0 saturated carbocycles. The number of aromatic nitrogens is 2. The minimum absolute atomic E-state index is 0.190. The molecule has 1 N–H and O–H groups in total. The standard InChI is InChI=1S/C20H18ClN3O2/c1-2-14-7-9-15(10-8-14)17-11-12-20(26)24(23-17)13-19(25)22-18-6-4-3-5-16(18)21/h3-12H,2,13H2,1H3,(H,22,25). The van der Waals surface area contributed by atoms with Crippen LogP contribution in [0.5, 0.6) is 0 Å². The highest BCUT2D eigenvalue weighted by atomic mass is 35.5. The summed E-state index contributed by atoms with van der Waals surface area (Å²) >= 11 is 6.03. The number of rotatable bonds is 5. The zero-order valence-corrected chi connectivity index (χ0v) is 15.0. The van der Waals surface area contributed by atoms with E-state index in [9.17, 15) is 9.59 Å². The molecule has 0 aliphatic carbocycles. The lowest BCUT2D eigenvalue weighted by Crippen LogP contribution is -2.29. The van der Waals surface area contributed by atoms with Crippen molar-refractivity contribution in [3.63, 3.8) is 0 Å². The van der Waals surface area contributed by atoms with Gasteiger partial charge in [0.15, 0.2) is 0 Å². The van der Waals surface area contributed by atoms with E-state index in [0.29, 0.717) is 16.4 Å². The van der Waals surface area contributed by atoms with Crippen molar-refractivity contribution in [3.8, 4) is 11.3 Å². The number of halogens is 1. The van der Waals surface area contributed by atoms with Gasteiger partial charge in [0.05, 0.1) is 16.4 Å². The SMILES string of the molecule is CCc1ccc(-c2ccc(=O)n(CC(=O)Nc3ccccc3Cl)n2)cc1. The monoisotopic (exact) mass is 367 g/mol. The van der Waals surface area contributed by atoms with Gasteiger partial charge in [-0.05, 0) is 30.2 Å². The van der Waals surface area contributed by atoms with Crippen LogP contribution >= 0.6 is 11.6 Å². The summed E-state index contributed by atoms with van der Waals surface area (Å²) in [5, 5.41) is 7.44. The maximum Gasteiger partial charge on any atom is 0.267 e. The smallest absolute Gasteiger partial charge is 0.267 e. The Hall–Kier alpha value is -2.92. The van der Waals surface area contributed by atoms with Crippen molar-refractivity contribution in [1.29, 1.82) is 0 Å². The normalized spacial score (nSPS) is 10.5. The van der Waals surface area contributed by atoms with E-state index in [1.807, 2.05) is 24.3 Å². The van der Waals surface area contributed by atoms with Gasteiger partial charge in [-0.15, -0.1) is 0 Å². The van der Waals surface area contributed by atoms with E-state index < -0.39 is 0 Å². The van der Waals surface area contributed by atoms with Crippen LogP contribution in [-0.2, 0) is 17.8 Å². The van der Waals surface area contributed by atoms with Crippen LogP contribution in [0.2, 0.25) is 5.02 Å². The van der Waals surface area contributed by atoms with Crippen LogP contribution < -0.4 is 10.9 Å². The average Bonchev–Trinajstić information content (AvgIpc) is 2.65. The molecule has 0 fully saturated rings. The Morgan fingerprint density at radius 1 is 1.08 bits per heavy atom. The van der Waals surface area contributed by atoms with Crippen molar-refractivity contribution < 1.29 is 4.79 Å². The molecule has 26 heavy (non-hydrogen) atoms. The number of nitrogens with one attached hydrogen (secondary N) is 1. The third-order valence-corrected chi connectivity index (χ3v) is 4.30. The van der Waals surface area contributed by atoms with E-state index in [1.54, 1.807) is 30.3 Å². The summed E-state index contributed by atoms with van der Waals surface area (Å²) in [7, 11) is 0. The van der Waals surface area contributed by atoms with E-state index in [-0.39, 0.29) is 18.0 Å². The molecule has 5 nitrogen and oxygen atoms in total. The van der Waals surface area contributed by atoms with Gasteiger partial charge in [0.25, 0.3) is 5.56 Å². The molecule has 0 unspecified atom stereocenters. The van der Waals surface area contributed by atoms with E-state index in [2.05, 4.69) is 17.3 Å². The van der Waals surface area contributed by atoms with Crippen LogP contribution in [0, 0.1) is 0 Å². The van der Waals surface area contributed by atoms with Crippen LogP contribution in [0.3, 0.4) is 0 Å². The molecule has 0 saturated heterocycles. The minimum atomic E-state index is -0.369. The summed E-state index contributed by atoms with van der Waals surface area (Å²) in [4.78, 5) is 24.3. The highest BCUT2D eigenvalue weighted by molar-refractivity contribution is 6.33. The van der Waals surface area contributed by atoms with Gasteiger partial charge >= 0.3 is 0 Å². The predicted molar refractivity (Wildman–Crippen MR) is 103 cm³/mol. The largest absolute Gasteiger partial charge is 0.323 e. The van der Waals surface area contributed by atoms with Gasteiger partial charge in [0, 0.05) is 11.6 Å². The molecule has 0 aliphatic rings.